The average Bonchev–Trinajstić information content (AvgIpc) is 2.50. The maximum absolute atomic E-state index is 12.4. The number of nitrogens with zero attached hydrogens (tertiary/aromatic N) is 1. The summed E-state index contributed by atoms with van der Waals surface area (Å²) in [6, 6.07) is 1.35. The number of nitrogens with one attached hydrogen (secondary N) is 2. The van der Waals surface area contributed by atoms with Gasteiger partial charge in [-0.15, -0.1) is 0 Å². The number of ether oxygens (including phenoxy) is 1. The Bertz CT molecular complexity index is 735. The van der Waals surface area contributed by atoms with Crippen LogP contribution in [0.3, 0.4) is 0 Å². The Labute approximate surface area is 145 Å². The fourth-order valence-electron chi connectivity index (χ4n) is 5.40. The van der Waals surface area contributed by atoms with Crippen molar-refractivity contribution in [1.29, 1.82) is 0 Å². The molecule has 7 heteroatoms. The molecule has 0 unspecified atom stereocenters. The minimum Gasteiger partial charge on any atom is -0.506 e. The normalized spacial score (nSPS) is 32.4. The molecule has 1 aromatic heterocycles. The van der Waals surface area contributed by atoms with Crippen LogP contribution in [0.4, 0.5) is 0 Å². The zero-order chi connectivity index (χ0) is 17.6. The van der Waals surface area contributed by atoms with E-state index in [2.05, 4.69) is 21.9 Å². The summed E-state index contributed by atoms with van der Waals surface area (Å²) in [5.41, 5.74) is -0.609. The Morgan fingerprint density at radius 1 is 1.32 bits per heavy atom. The van der Waals surface area contributed by atoms with Crippen molar-refractivity contribution in [2.75, 3.05) is 6.61 Å². The number of aliphatic hydroxyl groups excluding tert-OH is 1. The van der Waals surface area contributed by atoms with Crippen LogP contribution in [0.2, 0.25) is 0 Å². The fraction of sp³-hybridized carbons (Fsp3) is 0.611. The number of aromatic amines is 1. The maximum Gasteiger partial charge on any atom is 0.348 e. The van der Waals surface area contributed by atoms with Crippen LogP contribution in [0.1, 0.15) is 44.2 Å². The summed E-state index contributed by atoms with van der Waals surface area (Å²) >= 11 is 0. The van der Waals surface area contributed by atoms with Crippen molar-refractivity contribution in [3.8, 4) is 5.88 Å². The largest absolute Gasteiger partial charge is 0.506 e. The second-order valence-corrected chi connectivity index (χ2v) is 7.92. The summed E-state index contributed by atoms with van der Waals surface area (Å²) in [7, 11) is 0. The van der Waals surface area contributed by atoms with Gasteiger partial charge in [0.05, 0.1) is 5.69 Å². The second kappa shape index (κ2) is 5.89. The SMILES string of the molecule is C=C(O)c1cc(OCC(=O)NC23CC4CC(CC(C4)C2)C3)nc(=O)[nH]1. The molecule has 4 aliphatic rings. The lowest BCUT2D eigenvalue weighted by molar-refractivity contribution is -0.128. The highest BCUT2D eigenvalue weighted by atomic mass is 16.5. The topological polar surface area (TPSA) is 104 Å². The van der Waals surface area contributed by atoms with Gasteiger partial charge in [-0.3, -0.25) is 4.79 Å². The summed E-state index contributed by atoms with van der Waals surface area (Å²) < 4.78 is 5.36. The summed E-state index contributed by atoms with van der Waals surface area (Å²) in [5, 5.41) is 12.6. The van der Waals surface area contributed by atoms with Crippen molar-refractivity contribution >= 4 is 11.7 Å². The standard InChI is InChI=1S/C18H23N3O4/c1-10(22)14-5-16(20-17(24)19-14)25-9-15(23)21-18-6-11-2-12(7-18)4-13(3-11)8-18/h5,11-13,22H,1-4,6-9H2,(H,21,23)(H,19,20,24). The molecule has 1 aromatic rings. The molecular formula is C18H23N3O4. The first-order valence-corrected chi connectivity index (χ1v) is 8.84. The minimum absolute atomic E-state index is 0.00499. The molecule has 4 saturated carbocycles. The predicted molar refractivity (Wildman–Crippen MR) is 91.1 cm³/mol. The van der Waals surface area contributed by atoms with Crippen LogP contribution in [0.25, 0.3) is 5.76 Å². The van der Waals surface area contributed by atoms with Gasteiger partial charge in [-0.05, 0) is 56.3 Å². The highest BCUT2D eigenvalue weighted by Gasteiger charge is 2.51. The molecule has 0 aromatic carbocycles. The van der Waals surface area contributed by atoms with E-state index in [1.54, 1.807) is 0 Å². The lowest BCUT2D eigenvalue weighted by atomic mass is 9.53. The zero-order valence-electron chi connectivity index (χ0n) is 14.1. The Hall–Kier alpha value is -2.31. The lowest BCUT2D eigenvalue weighted by Gasteiger charge is -2.56. The van der Waals surface area contributed by atoms with Crippen molar-refractivity contribution < 1.29 is 14.6 Å². The van der Waals surface area contributed by atoms with Gasteiger partial charge in [0.1, 0.15) is 5.76 Å². The van der Waals surface area contributed by atoms with Gasteiger partial charge >= 0.3 is 5.69 Å². The van der Waals surface area contributed by atoms with E-state index in [-0.39, 0.29) is 35.4 Å². The molecule has 4 bridgehead atoms. The number of amides is 1. The highest BCUT2D eigenvalue weighted by Crippen LogP contribution is 2.55. The summed E-state index contributed by atoms with van der Waals surface area (Å²) in [5.74, 6) is 1.77. The third-order valence-electron chi connectivity index (χ3n) is 5.83. The molecule has 0 atom stereocenters. The summed E-state index contributed by atoms with van der Waals surface area (Å²) in [4.78, 5) is 29.8. The maximum atomic E-state index is 12.4. The quantitative estimate of drug-likeness (QED) is 0.706. The van der Waals surface area contributed by atoms with Gasteiger partial charge in [-0.25, -0.2) is 4.79 Å². The first-order chi connectivity index (χ1) is 11.9. The summed E-state index contributed by atoms with van der Waals surface area (Å²) in [6.07, 6.45) is 7.16. The van der Waals surface area contributed by atoms with Crippen LogP contribution in [0, 0.1) is 17.8 Å². The number of aliphatic hydroxyl groups is 1. The predicted octanol–water partition coefficient (Wildman–Crippen LogP) is 1.76. The molecule has 5 rings (SSSR count). The Morgan fingerprint density at radius 3 is 2.48 bits per heavy atom. The Balaban J connectivity index is 1.39. The van der Waals surface area contributed by atoms with E-state index in [1.165, 1.54) is 25.3 Å². The molecule has 7 nitrogen and oxygen atoms in total. The van der Waals surface area contributed by atoms with Gasteiger partial charge < -0.3 is 20.1 Å². The van der Waals surface area contributed by atoms with Crippen LogP contribution in [0.15, 0.2) is 17.4 Å². The number of hydrogen-bond donors (Lipinski definition) is 3. The van der Waals surface area contributed by atoms with Crippen molar-refractivity contribution in [2.24, 2.45) is 17.8 Å². The summed E-state index contributed by atoms with van der Waals surface area (Å²) in [6.45, 7) is 3.15. The number of rotatable bonds is 5. The number of carbonyl (C=O) groups excluding carboxylic acids is 1. The van der Waals surface area contributed by atoms with Gasteiger partial charge in [0, 0.05) is 11.6 Å². The smallest absolute Gasteiger partial charge is 0.348 e. The molecule has 3 N–H and O–H groups in total. The third-order valence-corrected chi connectivity index (χ3v) is 5.83. The van der Waals surface area contributed by atoms with Gasteiger partial charge in [0.25, 0.3) is 5.91 Å². The molecule has 1 amide bonds. The van der Waals surface area contributed by atoms with Gasteiger partial charge in [0.15, 0.2) is 6.61 Å². The van der Waals surface area contributed by atoms with E-state index >= 15 is 0 Å². The number of aromatic nitrogens is 2. The van der Waals surface area contributed by atoms with Crippen LogP contribution in [-0.2, 0) is 4.79 Å². The van der Waals surface area contributed by atoms with Gasteiger partial charge in [-0.2, -0.15) is 4.98 Å². The van der Waals surface area contributed by atoms with Crippen molar-refractivity contribution in [2.45, 2.75) is 44.1 Å². The first kappa shape index (κ1) is 16.2. The van der Waals surface area contributed by atoms with Crippen LogP contribution in [-0.4, -0.2) is 33.1 Å². The fourth-order valence-corrected chi connectivity index (χ4v) is 5.40. The van der Waals surface area contributed by atoms with Gasteiger partial charge in [-0.1, -0.05) is 6.58 Å². The Morgan fingerprint density at radius 2 is 1.92 bits per heavy atom. The molecule has 134 valence electrons. The molecule has 4 fully saturated rings. The van der Waals surface area contributed by atoms with Crippen LogP contribution in [0.5, 0.6) is 5.88 Å². The molecule has 0 radical (unpaired) electrons. The lowest BCUT2D eigenvalue weighted by Crippen LogP contribution is -2.60. The third kappa shape index (κ3) is 3.27. The van der Waals surface area contributed by atoms with E-state index in [9.17, 15) is 14.7 Å². The monoisotopic (exact) mass is 345 g/mol. The van der Waals surface area contributed by atoms with E-state index in [0.29, 0.717) is 0 Å². The molecule has 25 heavy (non-hydrogen) atoms. The molecular weight excluding hydrogens is 322 g/mol. The second-order valence-electron chi connectivity index (χ2n) is 7.92. The highest BCUT2D eigenvalue weighted by molar-refractivity contribution is 5.78. The number of carbonyl (C=O) groups is 1. The molecule has 0 aliphatic heterocycles. The van der Waals surface area contributed by atoms with Crippen LogP contribution >= 0.6 is 0 Å². The van der Waals surface area contributed by atoms with Crippen LogP contribution < -0.4 is 15.7 Å². The van der Waals surface area contributed by atoms with Crippen molar-refractivity contribution in [3.63, 3.8) is 0 Å². The van der Waals surface area contributed by atoms with E-state index in [0.717, 1.165) is 37.0 Å². The zero-order valence-corrected chi connectivity index (χ0v) is 14.1. The average molecular weight is 345 g/mol. The number of hydrogen-bond acceptors (Lipinski definition) is 5. The van der Waals surface area contributed by atoms with Crippen molar-refractivity contribution in [3.05, 3.63) is 28.8 Å². The first-order valence-electron chi connectivity index (χ1n) is 8.84. The molecule has 0 spiro atoms. The minimum atomic E-state index is -0.663. The van der Waals surface area contributed by atoms with Crippen molar-refractivity contribution in [1.82, 2.24) is 15.3 Å². The molecule has 4 aliphatic carbocycles. The molecule has 1 heterocycles. The van der Waals surface area contributed by atoms with E-state index in [1.807, 2.05) is 0 Å². The number of H-pyrrole nitrogens is 1. The van der Waals surface area contributed by atoms with E-state index < -0.39 is 5.69 Å². The Kier molecular flexibility index (Phi) is 3.81. The molecule has 0 saturated heterocycles. The van der Waals surface area contributed by atoms with Gasteiger partial charge in [0.2, 0.25) is 5.88 Å². The van der Waals surface area contributed by atoms with E-state index in [4.69, 9.17) is 4.74 Å².